The molecule has 21 heavy (non-hydrogen) atoms. The molecule has 1 aliphatic rings. The summed E-state index contributed by atoms with van der Waals surface area (Å²) in [7, 11) is 1.28. The molecule has 0 atom stereocenters. The van der Waals surface area contributed by atoms with E-state index >= 15 is 0 Å². The van der Waals surface area contributed by atoms with Crippen LogP contribution in [-0.4, -0.2) is 24.8 Å². The molecule has 1 saturated heterocycles. The van der Waals surface area contributed by atoms with Crippen LogP contribution in [0.3, 0.4) is 0 Å². The average molecular weight is 315 g/mol. The van der Waals surface area contributed by atoms with E-state index in [0.717, 1.165) is 12.1 Å². The lowest BCUT2D eigenvalue weighted by Gasteiger charge is -2.29. The van der Waals surface area contributed by atoms with Crippen LogP contribution in [0.1, 0.15) is 19.4 Å². The van der Waals surface area contributed by atoms with Crippen molar-refractivity contribution in [3.8, 4) is 5.75 Å². The maximum absolute atomic E-state index is 13.7. The number of esters is 2. The Morgan fingerprint density at radius 3 is 2.29 bits per heavy atom. The molecule has 2 rings (SSSR count). The van der Waals surface area contributed by atoms with Gasteiger partial charge in [-0.15, -0.1) is 0 Å². The van der Waals surface area contributed by atoms with Crippen LogP contribution < -0.4 is 4.74 Å². The molecular formula is C14H12ClFO5. The minimum Gasteiger partial charge on any atom is -0.492 e. The van der Waals surface area contributed by atoms with Gasteiger partial charge >= 0.3 is 11.9 Å². The maximum Gasteiger partial charge on any atom is 0.348 e. The molecule has 0 spiro atoms. The minimum absolute atomic E-state index is 0.0159. The van der Waals surface area contributed by atoms with Crippen molar-refractivity contribution in [2.24, 2.45) is 0 Å². The Morgan fingerprint density at radius 2 is 1.81 bits per heavy atom. The first kappa shape index (κ1) is 15.3. The number of benzene rings is 1. The van der Waals surface area contributed by atoms with Crippen LogP contribution in [0.25, 0.3) is 6.08 Å². The van der Waals surface area contributed by atoms with Gasteiger partial charge in [-0.3, -0.25) is 0 Å². The SMILES string of the molecule is COc1c(F)cc(C=C2C(=O)OC(C)(C)OC2=O)cc1Cl. The predicted molar refractivity (Wildman–Crippen MR) is 72.2 cm³/mol. The van der Waals surface area contributed by atoms with Gasteiger partial charge in [0.2, 0.25) is 0 Å². The molecular weight excluding hydrogens is 303 g/mol. The standard InChI is InChI=1S/C14H12ClFO5/c1-14(2)20-12(17)8(13(18)21-14)4-7-5-9(15)11(19-3)10(16)6-7/h4-6H,1-3H3. The summed E-state index contributed by atoms with van der Waals surface area (Å²) >= 11 is 5.84. The fraction of sp³-hybridized carbons (Fsp3) is 0.286. The Hall–Kier alpha value is -2.08. The summed E-state index contributed by atoms with van der Waals surface area (Å²) in [6.45, 7) is 2.87. The zero-order valence-electron chi connectivity index (χ0n) is 11.5. The van der Waals surface area contributed by atoms with E-state index in [1.54, 1.807) is 0 Å². The topological polar surface area (TPSA) is 61.8 Å². The number of methoxy groups -OCH3 is 1. The molecule has 5 nitrogen and oxygen atoms in total. The lowest BCUT2D eigenvalue weighted by molar-refractivity contribution is -0.222. The number of carbonyl (C=O) groups is 2. The van der Waals surface area contributed by atoms with Crippen molar-refractivity contribution < 1.29 is 28.2 Å². The summed E-state index contributed by atoms with van der Waals surface area (Å²) in [5.41, 5.74) is -0.128. The van der Waals surface area contributed by atoms with Crippen LogP contribution in [0, 0.1) is 5.82 Å². The van der Waals surface area contributed by atoms with Crippen molar-refractivity contribution in [2.75, 3.05) is 7.11 Å². The van der Waals surface area contributed by atoms with E-state index in [2.05, 4.69) is 0 Å². The highest BCUT2D eigenvalue weighted by Crippen LogP contribution is 2.31. The van der Waals surface area contributed by atoms with Crippen molar-refractivity contribution in [2.45, 2.75) is 19.6 Å². The summed E-state index contributed by atoms with van der Waals surface area (Å²) in [5, 5.41) is 0.0159. The van der Waals surface area contributed by atoms with E-state index in [4.69, 9.17) is 25.8 Å². The molecule has 0 aliphatic carbocycles. The molecule has 112 valence electrons. The lowest BCUT2D eigenvalue weighted by Crippen LogP contribution is -2.41. The third-order valence-electron chi connectivity index (χ3n) is 2.65. The quantitative estimate of drug-likeness (QED) is 0.477. The van der Waals surface area contributed by atoms with Crippen molar-refractivity contribution in [1.82, 2.24) is 0 Å². The molecule has 0 bridgehead atoms. The number of hydrogen-bond donors (Lipinski definition) is 0. The molecule has 0 N–H and O–H groups in total. The second-order valence-electron chi connectivity index (χ2n) is 4.75. The molecule has 0 radical (unpaired) electrons. The Balaban J connectivity index is 2.40. The maximum atomic E-state index is 13.7. The van der Waals surface area contributed by atoms with Crippen molar-refractivity contribution >= 4 is 29.6 Å². The largest absolute Gasteiger partial charge is 0.492 e. The fourth-order valence-electron chi connectivity index (χ4n) is 1.80. The summed E-state index contributed by atoms with van der Waals surface area (Å²) in [6.07, 6.45) is 1.15. The Morgan fingerprint density at radius 1 is 1.24 bits per heavy atom. The minimum atomic E-state index is -1.33. The van der Waals surface area contributed by atoms with Crippen LogP contribution in [0.5, 0.6) is 5.75 Å². The van der Waals surface area contributed by atoms with Gasteiger partial charge in [0, 0.05) is 13.8 Å². The van der Waals surface area contributed by atoms with Crippen LogP contribution in [0.2, 0.25) is 5.02 Å². The number of hydrogen-bond acceptors (Lipinski definition) is 5. The third-order valence-corrected chi connectivity index (χ3v) is 2.93. The predicted octanol–water partition coefficient (Wildman–Crippen LogP) is 2.71. The van der Waals surface area contributed by atoms with E-state index in [9.17, 15) is 14.0 Å². The molecule has 0 amide bonds. The van der Waals surface area contributed by atoms with E-state index in [1.165, 1.54) is 27.0 Å². The number of cyclic esters (lactones) is 2. The molecule has 1 heterocycles. The van der Waals surface area contributed by atoms with Crippen molar-refractivity contribution in [3.05, 3.63) is 34.1 Å². The van der Waals surface area contributed by atoms with Gasteiger partial charge in [0.25, 0.3) is 5.79 Å². The zero-order valence-corrected chi connectivity index (χ0v) is 12.3. The van der Waals surface area contributed by atoms with Crippen LogP contribution in [0.4, 0.5) is 4.39 Å². The number of ether oxygens (including phenoxy) is 3. The number of halogens is 2. The second-order valence-corrected chi connectivity index (χ2v) is 5.16. The van der Waals surface area contributed by atoms with Gasteiger partial charge in [-0.1, -0.05) is 11.6 Å². The normalized spacial score (nSPS) is 17.1. The highest BCUT2D eigenvalue weighted by molar-refractivity contribution is 6.32. The van der Waals surface area contributed by atoms with Crippen LogP contribution in [0.15, 0.2) is 17.7 Å². The van der Waals surface area contributed by atoms with E-state index in [0.29, 0.717) is 0 Å². The number of carbonyl (C=O) groups excluding carboxylic acids is 2. The van der Waals surface area contributed by atoms with E-state index in [-0.39, 0.29) is 21.9 Å². The van der Waals surface area contributed by atoms with Gasteiger partial charge in [-0.05, 0) is 23.8 Å². The van der Waals surface area contributed by atoms with E-state index in [1.807, 2.05) is 0 Å². The number of rotatable bonds is 2. The highest BCUT2D eigenvalue weighted by Gasteiger charge is 2.38. The first-order chi connectivity index (χ1) is 9.73. The van der Waals surface area contributed by atoms with Gasteiger partial charge in [-0.25, -0.2) is 14.0 Å². The fourth-order valence-corrected chi connectivity index (χ4v) is 2.10. The molecule has 1 fully saturated rings. The summed E-state index contributed by atoms with van der Waals surface area (Å²) in [6, 6.07) is 2.44. The lowest BCUT2D eigenvalue weighted by atomic mass is 10.1. The summed E-state index contributed by atoms with van der Waals surface area (Å²) < 4.78 is 28.4. The zero-order chi connectivity index (χ0) is 15.8. The molecule has 1 aliphatic heterocycles. The van der Waals surface area contributed by atoms with Gasteiger partial charge < -0.3 is 14.2 Å². The molecule has 0 saturated carbocycles. The smallest absolute Gasteiger partial charge is 0.348 e. The van der Waals surface area contributed by atoms with Crippen LogP contribution in [-0.2, 0) is 19.1 Å². The second kappa shape index (κ2) is 5.37. The Bertz CT molecular complexity index is 606. The van der Waals surface area contributed by atoms with Gasteiger partial charge in [-0.2, -0.15) is 0 Å². The first-order valence-electron chi connectivity index (χ1n) is 5.95. The molecule has 7 heteroatoms. The summed E-state index contributed by atoms with van der Waals surface area (Å²) in [5.74, 6) is -3.84. The van der Waals surface area contributed by atoms with Crippen molar-refractivity contribution in [3.63, 3.8) is 0 Å². The molecule has 1 aromatic rings. The van der Waals surface area contributed by atoms with Gasteiger partial charge in [0.05, 0.1) is 12.1 Å². The summed E-state index contributed by atoms with van der Waals surface area (Å²) in [4.78, 5) is 23.5. The van der Waals surface area contributed by atoms with Gasteiger partial charge in [0.1, 0.15) is 5.57 Å². The average Bonchev–Trinajstić information content (AvgIpc) is 2.32. The van der Waals surface area contributed by atoms with Crippen molar-refractivity contribution in [1.29, 1.82) is 0 Å². The molecule has 0 aromatic heterocycles. The Labute approximate surface area is 125 Å². The third kappa shape index (κ3) is 3.16. The highest BCUT2D eigenvalue weighted by atomic mass is 35.5. The van der Waals surface area contributed by atoms with E-state index < -0.39 is 23.5 Å². The molecule has 0 unspecified atom stereocenters. The van der Waals surface area contributed by atoms with Crippen LogP contribution >= 0.6 is 11.6 Å². The molecule has 1 aromatic carbocycles. The first-order valence-corrected chi connectivity index (χ1v) is 6.33. The monoisotopic (exact) mass is 314 g/mol. The Kier molecular flexibility index (Phi) is 3.91. The van der Waals surface area contributed by atoms with Gasteiger partial charge in [0.15, 0.2) is 11.6 Å².